The molecule has 0 spiro atoms. The summed E-state index contributed by atoms with van der Waals surface area (Å²) in [5.74, 6) is 5.05. The molecule has 4 nitrogen and oxygen atoms in total. The monoisotopic (exact) mass is 339 g/mol. The van der Waals surface area contributed by atoms with E-state index in [2.05, 4.69) is 26.7 Å². The maximum absolute atomic E-state index is 12.1. The number of carbonyl (C=O) groups is 1. The fraction of sp³-hybridized carbons (Fsp3) is 0. The van der Waals surface area contributed by atoms with E-state index in [9.17, 15) is 4.79 Å². The summed E-state index contributed by atoms with van der Waals surface area (Å²) in [5, 5.41) is 3.32. The van der Waals surface area contributed by atoms with Crippen molar-refractivity contribution >= 4 is 44.8 Å². The molecular formula is C13H11BrClN3O. The van der Waals surface area contributed by atoms with E-state index in [-0.39, 0.29) is 5.91 Å². The van der Waals surface area contributed by atoms with Gasteiger partial charge in [0.2, 0.25) is 0 Å². The molecule has 2 rings (SSSR count). The zero-order valence-corrected chi connectivity index (χ0v) is 12.1. The normalized spacial score (nSPS) is 10.1. The predicted molar refractivity (Wildman–Crippen MR) is 81.4 cm³/mol. The van der Waals surface area contributed by atoms with E-state index < -0.39 is 0 Å². The fourth-order valence-corrected chi connectivity index (χ4v) is 2.05. The molecule has 98 valence electrons. The van der Waals surface area contributed by atoms with Gasteiger partial charge in [-0.3, -0.25) is 10.6 Å². The minimum absolute atomic E-state index is 0.216. The first-order valence-corrected chi connectivity index (χ1v) is 6.61. The molecule has 0 unspecified atom stereocenters. The molecule has 0 fully saturated rings. The Morgan fingerprint density at radius 2 is 1.84 bits per heavy atom. The molecular weight excluding hydrogens is 330 g/mol. The summed E-state index contributed by atoms with van der Waals surface area (Å²) in [5.41, 5.74) is 4.40. The first-order valence-electron chi connectivity index (χ1n) is 5.44. The second-order valence-corrected chi connectivity index (χ2v) is 4.98. The van der Waals surface area contributed by atoms with Crippen LogP contribution < -0.4 is 16.6 Å². The topological polar surface area (TPSA) is 67.1 Å². The van der Waals surface area contributed by atoms with Gasteiger partial charge >= 0.3 is 0 Å². The van der Waals surface area contributed by atoms with Crippen molar-refractivity contribution in [3.8, 4) is 0 Å². The van der Waals surface area contributed by atoms with Gasteiger partial charge in [0.25, 0.3) is 5.91 Å². The SMILES string of the molecule is NNc1ccc(C(=O)Nc2cccc(Cl)c2Br)cc1. The minimum Gasteiger partial charge on any atom is -0.324 e. The number of halogens is 2. The molecule has 0 radical (unpaired) electrons. The maximum atomic E-state index is 12.1. The fourth-order valence-electron chi connectivity index (χ4n) is 1.51. The highest BCUT2D eigenvalue weighted by Gasteiger charge is 2.09. The highest BCUT2D eigenvalue weighted by atomic mass is 79.9. The first kappa shape index (κ1) is 13.9. The van der Waals surface area contributed by atoms with Gasteiger partial charge in [0.1, 0.15) is 0 Å². The zero-order valence-electron chi connectivity index (χ0n) is 9.78. The Morgan fingerprint density at radius 1 is 1.16 bits per heavy atom. The molecule has 0 aromatic heterocycles. The van der Waals surface area contributed by atoms with Crippen LogP contribution in [-0.2, 0) is 0 Å². The molecule has 0 aliphatic carbocycles. The van der Waals surface area contributed by atoms with Crippen molar-refractivity contribution in [1.29, 1.82) is 0 Å². The van der Waals surface area contributed by atoms with Crippen molar-refractivity contribution in [2.24, 2.45) is 5.84 Å². The zero-order chi connectivity index (χ0) is 13.8. The number of hydrogen-bond acceptors (Lipinski definition) is 3. The number of carbonyl (C=O) groups excluding carboxylic acids is 1. The smallest absolute Gasteiger partial charge is 0.255 e. The molecule has 2 aromatic rings. The molecule has 0 aliphatic rings. The van der Waals surface area contributed by atoms with Crippen molar-refractivity contribution in [2.45, 2.75) is 0 Å². The first-order chi connectivity index (χ1) is 9.11. The third kappa shape index (κ3) is 3.26. The van der Waals surface area contributed by atoms with Crippen molar-refractivity contribution in [1.82, 2.24) is 0 Å². The number of hydrogen-bond donors (Lipinski definition) is 3. The summed E-state index contributed by atoms with van der Waals surface area (Å²) < 4.78 is 0.658. The van der Waals surface area contributed by atoms with E-state index in [0.29, 0.717) is 20.7 Å². The van der Waals surface area contributed by atoms with E-state index in [4.69, 9.17) is 17.4 Å². The van der Waals surface area contributed by atoms with Crippen LogP contribution in [0.5, 0.6) is 0 Å². The minimum atomic E-state index is -0.216. The number of hydrazine groups is 1. The van der Waals surface area contributed by atoms with Crippen LogP contribution in [0.1, 0.15) is 10.4 Å². The lowest BCUT2D eigenvalue weighted by Crippen LogP contribution is -2.13. The van der Waals surface area contributed by atoms with E-state index >= 15 is 0 Å². The van der Waals surface area contributed by atoms with E-state index in [1.165, 1.54) is 0 Å². The Kier molecular flexibility index (Phi) is 4.42. The van der Waals surface area contributed by atoms with Crippen molar-refractivity contribution in [2.75, 3.05) is 10.7 Å². The maximum Gasteiger partial charge on any atom is 0.255 e. The number of benzene rings is 2. The van der Waals surface area contributed by atoms with Gasteiger partial charge in [-0.15, -0.1) is 0 Å². The van der Waals surface area contributed by atoms with Crippen molar-refractivity contribution < 1.29 is 4.79 Å². The molecule has 0 atom stereocenters. The van der Waals surface area contributed by atoms with Crippen LogP contribution in [0, 0.1) is 0 Å². The van der Waals surface area contributed by atoms with Crippen molar-refractivity contribution in [3.05, 3.63) is 57.5 Å². The molecule has 4 N–H and O–H groups in total. The van der Waals surface area contributed by atoms with Gasteiger partial charge < -0.3 is 10.7 Å². The summed E-state index contributed by atoms with van der Waals surface area (Å²) in [7, 11) is 0. The third-order valence-electron chi connectivity index (χ3n) is 2.51. The molecule has 19 heavy (non-hydrogen) atoms. The molecule has 0 aliphatic heterocycles. The second kappa shape index (κ2) is 6.06. The molecule has 6 heteroatoms. The van der Waals surface area contributed by atoms with E-state index in [0.717, 1.165) is 5.69 Å². The van der Waals surface area contributed by atoms with Crippen LogP contribution >= 0.6 is 27.5 Å². The quantitative estimate of drug-likeness (QED) is 0.590. The van der Waals surface area contributed by atoms with Gasteiger partial charge in [-0.2, -0.15) is 0 Å². The number of amides is 1. The Morgan fingerprint density at radius 3 is 2.47 bits per heavy atom. The van der Waals surface area contributed by atoms with Crippen LogP contribution in [0.4, 0.5) is 11.4 Å². The summed E-state index contributed by atoms with van der Waals surface area (Å²) in [6, 6.07) is 12.1. The van der Waals surface area contributed by atoms with Crippen LogP contribution in [0.2, 0.25) is 5.02 Å². The van der Waals surface area contributed by atoms with Crippen LogP contribution in [0.15, 0.2) is 46.9 Å². The standard InChI is InChI=1S/C13H11BrClN3O/c14-12-10(15)2-1-3-11(12)17-13(19)8-4-6-9(18-16)7-5-8/h1-7,18H,16H2,(H,17,19). The number of anilines is 2. The van der Waals surface area contributed by atoms with Gasteiger partial charge in [-0.25, -0.2) is 0 Å². The summed E-state index contributed by atoms with van der Waals surface area (Å²) >= 11 is 9.29. The predicted octanol–water partition coefficient (Wildman–Crippen LogP) is 3.64. The summed E-state index contributed by atoms with van der Waals surface area (Å²) in [6.07, 6.45) is 0. The molecule has 0 heterocycles. The van der Waals surface area contributed by atoms with Gasteiger partial charge in [-0.1, -0.05) is 17.7 Å². The average Bonchev–Trinajstić information content (AvgIpc) is 2.44. The third-order valence-corrected chi connectivity index (χ3v) is 3.91. The molecule has 2 aromatic carbocycles. The number of rotatable bonds is 3. The molecule has 0 saturated carbocycles. The Hall–Kier alpha value is -1.56. The molecule has 0 bridgehead atoms. The van der Waals surface area contributed by atoms with E-state index in [1.807, 2.05) is 0 Å². The van der Waals surface area contributed by atoms with Crippen LogP contribution in [0.3, 0.4) is 0 Å². The molecule has 1 amide bonds. The van der Waals surface area contributed by atoms with E-state index in [1.54, 1.807) is 42.5 Å². The van der Waals surface area contributed by atoms with Gasteiger partial charge in [0, 0.05) is 11.3 Å². The van der Waals surface area contributed by atoms with Gasteiger partial charge in [-0.05, 0) is 52.3 Å². The van der Waals surface area contributed by atoms with Crippen LogP contribution in [-0.4, -0.2) is 5.91 Å². The van der Waals surface area contributed by atoms with Gasteiger partial charge in [0.15, 0.2) is 0 Å². The van der Waals surface area contributed by atoms with Gasteiger partial charge in [0.05, 0.1) is 15.2 Å². The number of nitrogens with two attached hydrogens (primary N) is 1. The Labute approximate surface area is 124 Å². The number of nitrogens with one attached hydrogen (secondary N) is 2. The Bertz CT molecular complexity index is 601. The molecule has 0 saturated heterocycles. The second-order valence-electron chi connectivity index (χ2n) is 3.78. The highest BCUT2D eigenvalue weighted by Crippen LogP contribution is 2.30. The Balaban J connectivity index is 2.18. The number of nitrogen functional groups attached to an aromatic ring is 1. The summed E-state index contributed by atoms with van der Waals surface area (Å²) in [4.78, 5) is 12.1. The summed E-state index contributed by atoms with van der Waals surface area (Å²) in [6.45, 7) is 0. The average molecular weight is 341 g/mol. The van der Waals surface area contributed by atoms with Crippen molar-refractivity contribution in [3.63, 3.8) is 0 Å². The highest BCUT2D eigenvalue weighted by molar-refractivity contribution is 9.10. The lowest BCUT2D eigenvalue weighted by Gasteiger charge is -2.09. The van der Waals surface area contributed by atoms with Crippen LogP contribution in [0.25, 0.3) is 0 Å². The largest absolute Gasteiger partial charge is 0.324 e. The lowest BCUT2D eigenvalue weighted by molar-refractivity contribution is 0.102. The lowest BCUT2D eigenvalue weighted by atomic mass is 10.2.